The summed E-state index contributed by atoms with van der Waals surface area (Å²) < 4.78 is 27.3. The van der Waals surface area contributed by atoms with Crippen LogP contribution in [0.1, 0.15) is 32.1 Å². The maximum absolute atomic E-state index is 12.8. The lowest BCUT2D eigenvalue weighted by Crippen LogP contribution is -2.33. The molecule has 1 fully saturated rings. The van der Waals surface area contributed by atoms with Crippen molar-refractivity contribution in [3.05, 3.63) is 42.5 Å². The molecule has 4 heteroatoms. The molecule has 3 rings (SSSR count). The third-order valence-corrected chi connectivity index (χ3v) is 6.07. The highest BCUT2D eigenvalue weighted by atomic mass is 32.2. The van der Waals surface area contributed by atoms with E-state index in [4.69, 9.17) is 0 Å². The largest absolute Gasteiger partial charge is 0.243 e. The van der Waals surface area contributed by atoms with Gasteiger partial charge in [-0.05, 0) is 35.7 Å². The Kier molecular flexibility index (Phi) is 4.27. The second kappa shape index (κ2) is 6.16. The Morgan fingerprint density at radius 2 is 1.38 bits per heavy atom. The first-order valence-corrected chi connectivity index (χ1v) is 9.11. The summed E-state index contributed by atoms with van der Waals surface area (Å²) in [4.78, 5) is 0.418. The third-order valence-electron chi connectivity index (χ3n) is 4.17. The lowest BCUT2D eigenvalue weighted by atomic mass is 10.1. The van der Waals surface area contributed by atoms with E-state index in [1.54, 1.807) is 16.4 Å². The predicted octanol–water partition coefficient (Wildman–Crippen LogP) is 3.79. The van der Waals surface area contributed by atoms with Gasteiger partial charge in [-0.1, -0.05) is 49.6 Å². The summed E-state index contributed by atoms with van der Waals surface area (Å²) in [5, 5.41) is 2.05. The summed E-state index contributed by atoms with van der Waals surface area (Å²) in [6, 6.07) is 13.3. The molecule has 0 amide bonds. The average Bonchev–Trinajstić information content (AvgIpc) is 2.46. The third kappa shape index (κ3) is 3.11. The van der Waals surface area contributed by atoms with Crippen molar-refractivity contribution in [1.82, 2.24) is 4.31 Å². The van der Waals surface area contributed by atoms with E-state index in [0.29, 0.717) is 18.0 Å². The van der Waals surface area contributed by atoms with Crippen molar-refractivity contribution in [3.8, 4) is 0 Å². The number of nitrogens with zero attached hydrogens (tertiary/aromatic N) is 1. The minimum atomic E-state index is -3.36. The summed E-state index contributed by atoms with van der Waals surface area (Å²) in [7, 11) is -3.36. The van der Waals surface area contributed by atoms with Crippen molar-refractivity contribution in [2.24, 2.45) is 0 Å². The van der Waals surface area contributed by atoms with Gasteiger partial charge in [0.15, 0.2) is 0 Å². The highest BCUT2D eigenvalue weighted by Gasteiger charge is 2.24. The first kappa shape index (κ1) is 14.5. The molecule has 0 saturated carbocycles. The van der Waals surface area contributed by atoms with Crippen LogP contribution in [0, 0.1) is 0 Å². The van der Waals surface area contributed by atoms with E-state index < -0.39 is 10.0 Å². The molecule has 0 atom stereocenters. The molecule has 1 aliphatic rings. The summed E-state index contributed by atoms with van der Waals surface area (Å²) in [6.07, 6.45) is 5.41. The first-order chi connectivity index (χ1) is 10.2. The van der Waals surface area contributed by atoms with Crippen LogP contribution >= 0.6 is 0 Å². The molecule has 0 unspecified atom stereocenters. The van der Waals surface area contributed by atoms with Gasteiger partial charge in [-0.25, -0.2) is 8.42 Å². The van der Waals surface area contributed by atoms with Gasteiger partial charge in [0, 0.05) is 13.1 Å². The van der Waals surface area contributed by atoms with Gasteiger partial charge >= 0.3 is 0 Å². The minimum absolute atomic E-state index is 0.418. The topological polar surface area (TPSA) is 37.4 Å². The zero-order valence-corrected chi connectivity index (χ0v) is 13.0. The molecule has 2 aromatic carbocycles. The Balaban J connectivity index is 1.94. The monoisotopic (exact) mass is 303 g/mol. The van der Waals surface area contributed by atoms with Gasteiger partial charge < -0.3 is 0 Å². The lowest BCUT2D eigenvalue weighted by molar-refractivity contribution is 0.364. The molecule has 0 bridgehead atoms. The fourth-order valence-electron chi connectivity index (χ4n) is 2.94. The van der Waals surface area contributed by atoms with Crippen LogP contribution in [-0.4, -0.2) is 25.8 Å². The average molecular weight is 303 g/mol. The fourth-order valence-corrected chi connectivity index (χ4v) is 4.49. The standard InChI is InChI=1S/C17H21NO2S/c19-21(20,18-12-6-2-1-3-7-13-18)17-11-10-15-8-4-5-9-16(15)14-17/h4-5,8-11,14H,1-3,6-7,12-13H2. The van der Waals surface area contributed by atoms with Gasteiger partial charge in [0.1, 0.15) is 0 Å². The van der Waals surface area contributed by atoms with Crippen LogP contribution in [0.2, 0.25) is 0 Å². The molecule has 1 saturated heterocycles. The minimum Gasteiger partial charge on any atom is -0.207 e. The van der Waals surface area contributed by atoms with Gasteiger partial charge in [-0.3, -0.25) is 0 Å². The molecule has 0 radical (unpaired) electrons. The maximum Gasteiger partial charge on any atom is 0.243 e. The van der Waals surface area contributed by atoms with Crippen LogP contribution in [0.25, 0.3) is 10.8 Å². The Morgan fingerprint density at radius 1 is 0.762 bits per heavy atom. The molecule has 0 N–H and O–H groups in total. The number of rotatable bonds is 2. The number of sulfonamides is 1. The van der Waals surface area contributed by atoms with E-state index in [1.807, 2.05) is 30.3 Å². The number of hydrogen-bond acceptors (Lipinski definition) is 2. The molecule has 1 heterocycles. The van der Waals surface area contributed by atoms with Gasteiger partial charge in [0.2, 0.25) is 10.0 Å². The zero-order chi connectivity index (χ0) is 14.7. The van der Waals surface area contributed by atoms with Crippen molar-refractivity contribution in [2.75, 3.05) is 13.1 Å². The molecule has 0 aromatic heterocycles. The van der Waals surface area contributed by atoms with Crippen molar-refractivity contribution >= 4 is 20.8 Å². The lowest BCUT2D eigenvalue weighted by Gasteiger charge is -2.24. The van der Waals surface area contributed by atoms with Crippen molar-refractivity contribution in [3.63, 3.8) is 0 Å². The smallest absolute Gasteiger partial charge is 0.207 e. The Morgan fingerprint density at radius 3 is 2.10 bits per heavy atom. The molecule has 0 aliphatic carbocycles. The SMILES string of the molecule is O=S(=O)(c1ccc2ccccc2c1)N1CCCCCCC1. The van der Waals surface area contributed by atoms with Crippen molar-refractivity contribution < 1.29 is 8.42 Å². The van der Waals surface area contributed by atoms with E-state index in [2.05, 4.69) is 0 Å². The number of benzene rings is 2. The second-order valence-electron chi connectivity index (χ2n) is 5.68. The Hall–Kier alpha value is -1.39. The predicted molar refractivity (Wildman–Crippen MR) is 85.8 cm³/mol. The highest BCUT2D eigenvalue weighted by Crippen LogP contribution is 2.23. The molecule has 21 heavy (non-hydrogen) atoms. The highest BCUT2D eigenvalue weighted by molar-refractivity contribution is 7.89. The zero-order valence-electron chi connectivity index (χ0n) is 12.2. The molecule has 2 aromatic rings. The van der Waals surface area contributed by atoms with Crippen LogP contribution in [-0.2, 0) is 10.0 Å². The van der Waals surface area contributed by atoms with Crippen molar-refractivity contribution in [2.45, 2.75) is 37.0 Å². The summed E-state index contributed by atoms with van der Waals surface area (Å²) in [6.45, 7) is 1.30. The first-order valence-electron chi connectivity index (χ1n) is 7.67. The number of hydrogen-bond donors (Lipinski definition) is 0. The molecule has 3 nitrogen and oxygen atoms in total. The molecule has 112 valence electrons. The fraction of sp³-hybridized carbons (Fsp3) is 0.412. The summed E-state index contributed by atoms with van der Waals surface area (Å²) in [5.41, 5.74) is 0. The van der Waals surface area contributed by atoms with Crippen LogP contribution in [0.5, 0.6) is 0 Å². The molecule has 0 spiro atoms. The maximum atomic E-state index is 12.8. The second-order valence-corrected chi connectivity index (χ2v) is 7.62. The van der Waals surface area contributed by atoms with E-state index in [0.717, 1.165) is 36.5 Å². The van der Waals surface area contributed by atoms with Crippen molar-refractivity contribution in [1.29, 1.82) is 0 Å². The molecule has 1 aliphatic heterocycles. The van der Waals surface area contributed by atoms with Crippen LogP contribution in [0.15, 0.2) is 47.4 Å². The van der Waals surface area contributed by atoms with Gasteiger partial charge in [0.25, 0.3) is 0 Å². The van der Waals surface area contributed by atoms with E-state index in [1.165, 1.54) is 6.42 Å². The van der Waals surface area contributed by atoms with Gasteiger partial charge in [0.05, 0.1) is 4.90 Å². The van der Waals surface area contributed by atoms with E-state index in [-0.39, 0.29) is 0 Å². The quantitative estimate of drug-likeness (QED) is 0.846. The molecular weight excluding hydrogens is 282 g/mol. The van der Waals surface area contributed by atoms with Crippen LogP contribution in [0.3, 0.4) is 0 Å². The van der Waals surface area contributed by atoms with Gasteiger partial charge in [-0.15, -0.1) is 0 Å². The van der Waals surface area contributed by atoms with Crippen LogP contribution < -0.4 is 0 Å². The Labute approximate surface area is 126 Å². The van der Waals surface area contributed by atoms with E-state index >= 15 is 0 Å². The van der Waals surface area contributed by atoms with Gasteiger partial charge in [-0.2, -0.15) is 4.31 Å². The van der Waals surface area contributed by atoms with Crippen LogP contribution in [0.4, 0.5) is 0 Å². The number of fused-ring (bicyclic) bond motifs is 1. The molecular formula is C17H21NO2S. The Bertz CT molecular complexity index is 716. The summed E-state index contributed by atoms with van der Waals surface area (Å²) >= 11 is 0. The van der Waals surface area contributed by atoms with E-state index in [9.17, 15) is 8.42 Å². The normalized spacial score (nSPS) is 18.3. The summed E-state index contributed by atoms with van der Waals surface area (Å²) in [5.74, 6) is 0.